The van der Waals surface area contributed by atoms with Gasteiger partial charge < -0.3 is 24.8 Å². The van der Waals surface area contributed by atoms with Crippen LogP contribution in [0.15, 0.2) is 97.1 Å². The number of rotatable bonds is 8. The molecule has 0 saturated carbocycles. The zero-order valence-electron chi connectivity index (χ0n) is 23.0. The maximum absolute atomic E-state index is 13.7. The minimum Gasteiger partial charge on any atom is -0.497 e. The minimum atomic E-state index is -1.04. The highest BCUT2D eigenvalue weighted by Gasteiger charge is 2.44. The van der Waals surface area contributed by atoms with E-state index in [9.17, 15) is 19.5 Å². The Hall–Kier alpha value is -5.11. The molecule has 1 aliphatic heterocycles. The lowest BCUT2D eigenvalue weighted by Crippen LogP contribution is -2.47. The third-order valence-electron chi connectivity index (χ3n) is 8.13. The number of nitrogens with zero attached hydrogens (tertiary/aromatic N) is 1. The van der Waals surface area contributed by atoms with Gasteiger partial charge in [0.05, 0.1) is 13.2 Å². The SMILES string of the molecule is COc1ccc([C@H]2[C@H](C(=O)O)c3ccccc3C(=O)N2CCNC(=O)OCC2c3ccccc3-c3ccccc32)cc1. The van der Waals surface area contributed by atoms with Gasteiger partial charge in [-0.25, -0.2) is 4.79 Å². The fourth-order valence-electron chi connectivity index (χ4n) is 6.20. The summed E-state index contributed by atoms with van der Waals surface area (Å²) in [4.78, 5) is 40.6. The molecule has 2 amide bonds. The molecule has 42 heavy (non-hydrogen) atoms. The number of nitrogens with one attached hydrogen (secondary N) is 1. The molecule has 1 heterocycles. The number of amides is 2. The number of alkyl carbamates (subject to hydrolysis) is 1. The van der Waals surface area contributed by atoms with E-state index in [0.29, 0.717) is 22.4 Å². The Kier molecular flexibility index (Phi) is 7.35. The van der Waals surface area contributed by atoms with Crippen LogP contribution in [-0.4, -0.2) is 54.8 Å². The highest BCUT2D eigenvalue weighted by atomic mass is 16.5. The van der Waals surface area contributed by atoms with E-state index in [0.717, 1.165) is 22.3 Å². The molecule has 8 nitrogen and oxygen atoms in total. The second kappa shape index (κ2) is 11.4. The van der Waals surface area contributed by atoms with Crippen molar-refractivity contribution in [3.05, 3.63) is 125 Å². The molecule has 212 valence electrons. The van der Waals surface area contributed by atoms with Crippen molar-refractivity contribution in [3.63, 3.8) is 0 Å². The van der Waals surface area contributed by atoms with Gasteiger partial charge >= 0.3 is 12.1 Å². The molecule has 2 aliphatic rings. The van der Waals surface area contributed by atoms with Gasteiger partial charge in [-0.15, -0.1) is 0 Å². The molecule has 0 saturated heterocycles. The lowest BCUT2D eigenvalue weighted by molar-refractivity contribution is -0.140. The number of carboxylic acid groups (broad SMARTS) is 1. The Morgan fingerprint density at radius 1 is 0.810 bits per heavy atom. The maximum Gasteiger partial charge on any atom is 0.407 e. The molecule has 8 heteroatoms. The van der Waals surface area contributed by atoms with E-state index in [1.165, 1.54) is 4.90 Å². The number of hydrogen-bond donors (Lipinski definition) is 2. The molecule has 2 N–H and O–H groups in total. The second-order valence-corrected chi connectivity index (χ2v) is 10.4. The topological polar surface area (TPSA) is 105 Å². The van der Waals surface area contributed by atoms with Gasteiger partial charge in [-0.3, -0.25) is 9.59 Å². The average Bonchev–Trinajstić information content (AvgIpc) is 3.34. The molecule has 0 bridgehead atoms. The van der Waals surface area contributed by atoms with Crippen LogP contribution in [-0.2, 0) is 9.53 Å². The highest BCUT2D eigenvalue weighted by Crippen LogP contribution is 2.45. The van der Waals surface area contributed by atoms with Crippen LogP contribution in [0.5, 0.6) is 5.75 Å². The largest absolute Gasteiger partial charge is 0.497 e. The molecular formula is C34H30N2O6. The van der Waals surface area contributed by atoms with Gasteiger partial charge in [0.25, 0.3) is 5.91 Å². The summed E-state index contributed by atoms with van der Waals surface area (Å²) in [5.41, 5.74) is 5.99. The summed E-state index contributed by atoms with van der Waals surface area (Å²) in [6.45, 7) is 0.354. The van der Waals surface area contributed by atoms with E-state index in [1.807, 2.05) is 24.3 Å². The second-order valence-electron chi connectivity index (χ2n) is 10.4. The van der Waals surface area contributed by atoms with Crippen LogP contribution in [0.4, 0.5) is 4.79 Å². The molecular weight excluding hydrogens is 532 g/mol. The molecule has 0 radical (unpaired) electrons. The van der Waals surface area contributed by atoms with E-state index in [-0.39, 0.29) is 31.5 Å². The lowest BCUT2D eigenvalue weighted by Gasteiger charge is -2.41. The van der Waals surface area contributed by atoms with Crippen molar-refractivity contribution in [3.8, 4) is 16.9 Å². The van der Waals surface area contributed by atoms with Crippen LogP contribution < -0.4 is 10.1 Å². The molecule has 2 atom stereocenters. The number of ether oxygens (including phenoxy) is 2. The van der Waals surface area contributed by atoms with Crippen LogP contribution >= 0.6 is 0 Å². The van der Waals surface area contributed by atoms with Gasteiger partial charge in [0.15, 0.2) is 0 Å². The monoisotopic (exact) mass is 562 g/mol. The van der Waals surface area contributed by atoms with Crippen LogP contribution in [0.3, 0.4) is 0 Å². The van der Waals surface area contributed by atoms with Gasteiger partial charge in [-0.1, -0.05) is 78.9 Å². The Labute approximate surface area is 243 Å². The van der Waals surface area contributed by atoms with Crippen molar-refractivity contribution in [2.75, 3.05) is 26.8 Å². The van der Waals surface area contributed by atoms with E-state index in [2.05, 4.69) is 29.6 Å². The first-order chi connectivity index (χ1) is 20.5. The number of fused-ring (bicyclic) bond motifs is 4. The molecule has 0 spiro atoms. The summed E-state index contributed by atoms with van der Waals surface area (Å²) >= 11 is 0. The number of carbonyl (C=O) groups is 3. The standard InChI is InChI=1S/C34H30N2O6/c1-41-22-16-14-21(15-17-22)31-30(33(38)39)27-12-6-7-13-28(27)32(37)36(31)19-18-35-34(40)42-20-29-25-10-4-2-8-23(25)24-9-3-5-11-26(24)29/h2-17,29-31H,18-20H2,1H3,(H,35,40)(H,38,39)/t30-,31+/m1/s1. The number of methoxy groups -OCH3 is 1. The molecule has 0 unspecified atom stereocenters. The van der Waals surface area contributed by atoms with Crippen molar-refractivity contribution < 1.29 is 29.0 Å². The van der Waals surface area contributed by atoms with Crippen LogP contribution in [0, 0.1) is 0 Å². The van der Waals surface area contributed by atoms with Crippen molar-refractivity contribution >= 4 is 18.0 Å². The zero-order valence-corrected chi connectivity index (χ0v) is 23.0. The predicted octanol–water partition coefficient (Wildman–Crippen LogP) is 5.60. The van der Waals surface area contributed by atoms with E-state index >= 15 is 0 Å². The van der Waals surface area contributed by atoms with Crippen LogP contribution in [0.25, 0.3) is 11.1 Å². The van der Waals surface area contributed by atoms with Gasteiger partial charge in [0, 0.05) is 24.6 Å². The third-order valence-corrected chi connectivity index (χ3v) is 8.13. The molecule has 0 fully saturated rings. The summed E-state index contributed by atoms with van der Waals surface area (Å²) in [5, 5.41) is 13.1. The maximum atomic E-state index is 13.7. The van der Waals surface area contributed by atoms with E-state index in [1.54, 1.807) is 55.6 Å². The first-order valence-corrected chi connectivity index (χ1v) is 13.8. The van der Waals surface area contributed by atoms with Gasteiger partial charge in [-0.05, 0) is 51.6 Å². The first kappa shape index (κ1) is 27.1. The van der Waals surface area contributed by atoms with Crippen molar-refractivity contribution in [1.29, 1.82) is 0 Å². The minimum absolute atomic E-state index is 0.0703. The predicted molar refractivity (Wildman–Crippen MR) is 157 cm³/mol. The Balaban J connectivity index is 1.17. The van der Waals surface area contributed by atoms with Gasteiger partial charge in [-0.2, -0.15) is 0 Å². The number of benzene rings is 4. The zero-order chi connectivity index (χ0) is 29.2. The molecule has 0 aromatic heterocycles. The quantitative estimate of drug-likeness (QED) is 0.290. The van der Waals surface area contributed by atoms with Crippen molar-refractivity contribution in [2.45, 2.75) is 17.9 Å². The summed E-state index contributed by atoms with van der Waals surface area (Å²) in [5.74, 6) is -1.76. The van der Waals surface area contributed by atoms with Gasteiger partial charge in [0.1, 0.15) is 18.3 Å². The average molecular weight is 563 g/mol. The molecule has 6 rings (SSSR count). The summed E-state index contributed by atoms with van der Waals surface area (Å²) in [6, 6.07) is 29.3. The number of hydrogen-bond acceptors (Lipinski definition) is 5. The van der Waals surface area contributed by atoms with Crippen molar-refractivity contribution in [2.24, 2.45) is 0 Å². The highest BCUT2D eigenvalue weighted by molar-refractivity contribution is 6.00. The summed E-state index contributed by atoms with van der Waals surface area (Å²) < 4.78 is 10.9. The number of carboxylic acids is 1. The Morgan fingerprint density at radius 2 is 1.38 bits per heavy atom. The smallest absolute Gasteiger partial charge is 0.407 e. The Morgan fingerprint density at radius 3 is 1.98 bits per heavy atom. The summed E-state index contributed by atoms with van der Waals surface area (Å²) in [7, 11) is 1.55. The first-order valence-electron chi connectivity index (χ1n) is 13.8. The van der Waals surface area contributed by atoms with E-state index < -0.39 is 24.0 Å². The lowest BCUT2D eigenvalue weighted by atomic mass is 9.79. The number of carbonyl (C=O) groups excluding carboxylic acids is 2. The van der Waals surface area contributed by atoms with Gasteiger partial charge in [0.2, 0.25) is 0 Å². The normalized spacial score (nSPS) is 17.2. The Bertz CT molecular complexity index is 1600. The van der Waals surface area contributed by atoms with Crippen LogP contribution in [0.2, 0.25) is 0 Å². The molecule has 1 aliphatic carbocycles. The fourth-order valence-corrected chi connectivity index (χ4v) is 6.20. The van der Waals surface area contributed by atoms with E-state index in [4.69, 9.17) is 9.47 Å². The van der Waals surface area contributed by atoms with Crippen LogP contribution in [0.1, 0.15) is 50.5 Å². The molecule has 4 aromatic carbocycles. The fraction of sp³-hybridized carbons (Fsp3) is 0.206. The summed E-state index contributed by atoms with van der Waals surface area (Å²) in [6.07, 6.45) is -0.600. The molecule has 4 aromatic rings. The third kappa shape index (κ3) is 4.85. The number of aliphatic carboxylic acids is 1. The van der Waals surface area contributed by atoms with Crippen molar-refractivity contribution in [1.82, 2.24) is 10.2 Å².